The molecule has 0 atom stereocenters. The maximum absolute atomic E-state index is 12.4. The molecule has 0 spiro atoms. The fourth-order valence-corrected chi connectivity index (χ4v) is 2.64. The zero-order valence-electron chi connectivity index (χ0n) is 17.2. The molecule has 1 fully saturated rings. The van der Waals surface area contributed by atoms with Gasteiger partial charge in [-0.25, -0.2) is 0 Å². The van der Waals surface area contributed by atoms with Crippen LogP contribution in [0.3, 0.4) is 0 Å². The van der Waals surface area contributed by atoms with Gasteiger partial charge in [0.25, 0.3) is 0 Å². The molecule has 0 aromatic carbocycles. The van der Waals surface area contributed by atoms with E-state index in [2.05, 4.69) is 28.8 Å². The Labute approximate surface area is 183 Å². The van der Waals surface area contributed by atoms with E-state index in [9.17, 15) is 9.59 Å². The van der Waals surface area contributed by atoms with Crippen LogP contribution in [0.25, 0.3) is 0 Å². The van der Waals surface area contributed by atoms with Crippen molar-refractivity contribution < 1.29 is 47.4 Å². The first-order chi connectivity index (χ1) is 11.6. The summed E-state index contributed by atoms with van der Waals surface area (Å²) in [5, 5.41) is 9.14. The van der Waals surface area contributed by atoms with E-state index in [1.54, 1.807) is 0 Å². The second-order valence-electron chi connectivity index (χ2n) is 8.23. The van der Waals surface area contributed by atoms with Crippen molar-refractivity contribution in [1.82, 2.24) is 19.6 Å². The van der Waals surface area contributed by atoms with Gasteiger partial charge in [0.1, 0.15) is 0 Å². The SMILES string of the molecule is CN1CCN(C)CCN(CC(=O)C(C)(C)C)CCN(CC(=O)O)CC1.[90Y]. The van der Waals surface area contributed by atoms with Gasteiger partial charge in [-0.2, -0.15) is 0 Å². The number of aliphatic carboxylic acids is 1. The monoisotopic (exact) mass is 446 g/mol. The molecule has 0 aromatic rings. The molecule has 8 heteroatoms. The van der Waals surface area contributed by atoms with E-state index in [-0.39, 0.29) is 50.5 Å². The summed E-state index contributed by atoms with van der Waals surface area (Å²) in [4.78, 5) is 32.2. The number of carboxylic acid groups (broad SMARTS) is 1. The van der Waals surface area contributed by atoms with Crippen LogP contribution in [0, 0.1) is 5.41 Å². The summed E-state index contributed by atoms with van der Waals surface area (Å²) in [6, 6.07) is 0. The minimum atomic E-state index is -0.799. The predicted octanol–water partition coefficient (Wildman–Crippen LogP) is 0.165. The van der Waals surface area contributed by atoms with Crippen LogP contribution < -0.4 is 0 Å². The fourth-order valence-electron chi connectivity index (χ4n) is 2.64. The largest absolute Gasteiger partial charge is 0.480 e. The van der Waals surface area contributed by atoms with Gasteiger partial charge in [-0.1, -0.05) is 20.8 Å². The Morgan fingerprint density at radius 1 is 0.769 bits per heavy atom. The minimum absolute atomic E-state index is 0. The first-order valence-electron chi connectivity index (χ1n) is 9.15. The number of carbonyl (C=O) groups excluding carboxylic acids is 1. The van der Waals surface area contributed by atoms with Crippen molar-refractivity contribution in [3.8, 4) is 0 Å². The molecule has 0 amide bonds. The van der Waals surface area contributed by atoms with Crippen LogP contribution in [-0.4, -0.2) is 116 Å². The number of carboxylic acids is 1. The molecule has 1 saturated heterocycles. The van der Waals surface area contributed by atoms with Crippen molar-refractivity contribution in [2.75, 3.05) is 79.5 Å². The molecule has 149 valence electrons. The van der Waals surface area contributed by atoms with E-state index in [0.717, 1.165) is 39.3 Å². The number of ketones is 1. The molecule has 1 radical (unpaired) electrons. The van der Waals surface area contributed by atoms with Crippen molar-refractivity contribution >= 4 is 11.8 Å². The third-order valence-corrected chi connectivity index (χ3v) is 4.75. The van der Waals surface area contributed by atoms with E-state index in [1.807, 2.05) is 25.7 Å². The smallest absolute Gasteiger partial charge is 0.317 e. The molecule has 1 aliphatic heterocycles. The maximum atomic E-state index is 12.4. The van der Waals surface area contributed by atoms with Crippen LogP contribution in [-0.2, 0) is 42.3 Å². The Kier molecular flexibility index (Phi) is 12.6. The molecule has 1 N–H and O–H groups in total. The molecular weight excluding hydrogens is 410 g/mol. The molecule has 0 aromatic heterocycles. The van der Waals surface area contributed by atoms with Crippen LogP contribution in [0.15, 0.2) is 0 Å². The first-order valence-corrected chi connectivity index (χ1v) is 9.15. The topological polar surface area (TPSA) is 67.3 Å². The average Bonchev–Trinajstić information content (AvgIpc) is 2.49. The average molecular weight is 446 g/mol. The second kappa shape index (κ2) is 12.5. The van der Waals surface area contributed by atoms with Crippen molar-refractivity contribution in [2.45, 2.75) is 20.8 Å². The number of likely N-dealkylation sites (N-methyl/N-ethyl adjacent to an activating group) is 2. The predicted molar refractivity (Wildman–Crippen MR) is 100.0 cm³/mol. The Hall–Kier alpha value is 0.0839. The molecule has 0 unspecified atom stereocenters. The van der Waals surface area contributed by atoms with Crippen LogP contribution in [0.1, 0.15) is 20.8 Å². The van der Waals surface area contributed by atoms with Crippen molar-refractivity contribution in [3.05, 3.63) is 0 Å². The molecule has 7 nitrogen and oxygen atoms in total. The number of hydrogen-bond acceptors (Lipinski definition) is 6. The van der Waals surface area contributed by atoms with E-state index >= 15 is 0 Å². The second-order valence-corrected chi connectivity index (χ2v) is 8.23. The molecule has 0 aliphatic carbocycles. The summed E-state index contributed by atoms with van der Waals surface area (Å²) in [5.74, 6) is -0.571. The van der Waals surface area contributed by atoms with Gasteiger partial charge < -0.3 is 14.9 Å². The van der Waals surface area contributed by atoms with Crippen molar-refractivity contribution in [2.24, 2.45) is 5.41 Å². The van der Waals surface area contributed by atoms with Gasteiger partial charge >= 0.3 is 5.97 Å². The Morgan fingerprint density at radius 2 is 1.12 bits per heavy atom. The van der Waals surface area contributed by atoms with Gasteiger partial charge in [0, 0.05) is 90.5 Å². The van der Waals surface area contributed by atoms with Gasteiger partial charge in [0.15, 0.2) is 5.78 Å². The first kappa shape index (κ1) is 26.1. The normalized spacial score (nSPS) is 20.7. The van der Waals surface area contributed by atoms with Crippen LogP contribution in [0.2, 0.25) is 0 Å². The van der Waals surface area contributed by atoms with E-state index in [4.69, 9.17) is 5.11 Å². The molecule has 1 aliphatic rings. The van der Waals surface area contributed by atoms with Crippen LogP contribution >= 0.6 is 0 Å². The molecule has 1 rings (SSSR count). The summed E-state index contributed by atoms with van der Waals surface area (Å²) in [6.45, 7) is 12.9. The zero-order valence-corrected chi connectivity index (χ0v) is 20.0. The van der Waals surface area contributed by atoms with Crippen molar-refractivity contribution in [3.63, 3.8) is 0 Å². The van der Waals surface area contributed by atoms with Gasteiger partial charge in [0.05, 0.1) is 13.1 Å². The van der Waals surface area contributed by atoms with Crippen LogP contribution in [0.4, 0.5) is 0 Å². The number of nitrogens with zero attached hydrogens (tertiary/aromatic N) is 4. The number of carbonyl (C=O) groups is 2. The number of rotatable bonds is 4. The summed E-state index contributed by atoms with van der Waals surface area (Å²) in [5.41, 5.74) is -0.348. The third kappa shape index (κ3) is 11.0. The van der Waals surface area contributed by atoms with Crippen LogP contribution in [0.5, 0.6) is 0 Å². The molecule has 26 heavy (non-hydrogen) atoms. The molecule has 0 saturated carbocycles. The van der Waals surface area contributed by atoms with E-state index in [0.29, 0.717) is 19.6 Å². The van der Waals surface area contributed by atoms with Gasteiger partial charge in [-0.05, 0) is 14.1 Å². The van der Waals surface area contributed by atoms with Gasteiger partial charge in [-0.15, -0.1) is 0 Å². The van der Waals surface area contributed by atoms with Crippen molar-refractivity contribution in [1.29, 1.82) is 0 Å². The Morgan fingerprint density at radius 3 is 1.50 bits per heavy atom. The van der Waals surface area contributed by atoms with Gasteiger partial charge in [-0.3, -0.25) is 19.4 Å². The summed E-state index contributed by atoms with van der Waals surface area (Å²) in [6.07, 6.45) is 0. The number of Topliss-reactive ketones (excluding diaryl/α,β-unsaturated/α-hetero) is 1. The molecule has 1 heterocycles. The number of hydrogen-bond donors (Lipinski definition) is 1. The standard InChI is InChI=1S/C18H36N4O3.Y/c1-18(2,3)16(23)14-21-10-8-19(4)6-7-20(5)9-11-22(13-12-21)15-17(24)25;/h6-15H2,1-5H3,(H,24,25);/i;1+1. The summed E-state index contributed by atoms with van der Waals surface area (Å²) >= 11 is 0. The van der Waals surface area contributed by atoms with E-state index in [1.165, 1.54) is 0 Å². The summed E-state index contributed by atoms with van der Waals surface area (Å²) in [7, 11) is 4.19. The zero-order chi connectivity index (χ0) is 19.0. The molecular formula is C18H36N4O3Y. The Balaban J connectivity index is 0.00000625. The fraction of sp³-hybridized carbons (Fsp3) is 0.889. The minimum Gasteiger partial charge on any atom is -0.480 e. The third-order valence-electron chi connectivity index (χ3n) is 4.75. The van der Waals surface area contributed by atoms with Gasteiger partial charge in [0.2, 0.25) is 0 Å². The summed E-state index contributed by atoms with van der Waals surface area (Å²) < 4.78 is 0. The molecule has 0 bridgehead atoms. The van der Waals surface area contributed by atoms with E-state index < -0.39 is 5.97 Å². The maximum Gasteiger partial charge on any atom is 0.317 e. The Bertz CT molecular complexity index is 443. The quantitative estimate of drug-likeness (QED) is 0.660.